The Morgan fingerprint density at radius 2 is 1.44 bits per heavy atom. The minimum absolute atomic E-state index is 0.00675. The molecule has 0 radical (unpaired) electrons. The highest BCUT2D eigenvalue weighted by molar-refractivity contribution is 7.94. The maximum atomic E-state index is 12.9. The van der Waals surface area contributed by atoms with Crippen LogP contribution < -0.4 is 10.5 Å². The van der Waals surface area contributed by atoms with Gasteiger partial charge in [0.25, 0.3) is 10.1 Å². The fraction of sp³-hybridized carbons (Fsp3) is 0.207. The van der Waals surface area contributed by atoms with Crippen LogP contribution in [0.2, 0.25) is 0 Å². The molecule has 0 saturated heterocycles. The first-order valence-electron chi connectivity index (χ1n) is 15.9. The molecule has 0 aliphatic heterocycles. The van der Waals surface area contributed by atoms with E-state index in [-0.39, 0.29) is 56.5 Å². The minimum atomic E-state index is -5.23. The molecule has 0 saturated carbocycles. The predicted molar refractivity (Wildman–Crippen MR) is 210 cm³/mol. The van der Waals surface area contributed by atoms with Crippen molar-refractivity contribution >= 4 is 110 Å². The lowest BCUT2D eigenvalue weighted by Crippen LogP contribution is -2.16. The number of fused-ring (bicyclic) bond motifs is 1. The van der Waals surface area contributed by atoms with Crippen molar-refractivity contribution in [3.8, 4) is 11.5 Å². The van der Waals surface area contributed by atoms with Crippen LogP contribution in [-0.4, -0.2) is 101 Å². The van der Waals surface area contributed by atoms with E-state index >= 15 is 0 Å². The molecular weight excluding hydrogens is 963 g/mol. The molecule has 0 atom stereocenters. The third-order valence-corrected chi connectivity index (χ3v) is 13.6. The molecule has 0 aliphatic carbocycles. The molecule has 0 unspecified atom stereocenters. The van der Waals surface area contributed by atoms with Crippen molar-refractivity contribution in [3.05, 3.63) is 53.6 Å². The lowest BCUT2D eigenvalue weighted by atomic mass is 10.1. The van der Waals surface area contributed by atoms with Crippen LogP contribution in [0.25, 0.3) is 10.8 Å². The number of carboxylic acid groups (broad SMARTS) is 1. The zero-order valence-electron chi connectivity index (χ0n) is 30.9. The Bertz CT molecular complexity index is 2880. The van der Waals surface area contributed by atoms with Crippen LogP contribution in [0.3, 0.4) is 0 Å². The van der Waals surface area contributed by atoms with E-state index < -0.39 is 120 Å². The second-order valence-electron chi connectivity index (χ2n) is 11.6. The number of benzene rings is 4. The number of hydrogen-bond donors (Lipinski definition) is 7. The summed E-state index contributed by atoms with van der Waals surface area (Å²) < 4.78 is 140. The van der Waals surface area contributed by atoms with E-state index in [1.165, 1.54) is 6.92 Å². The molecule has 33 heteroatoms. The third kappa shape index (κ3) is 12.5. The van der Waals surface area contributed by atoms with Gasteiger partial charge >= 0.3 is 16.4 Å². The van der Waals surface area contributed by atoms with Gasteiger partial charge in [-0.05, 0) is 54.3 Å². The van der Waals surface area contributed by atoms with Crippen LogP contribution in [0, 0.1) is 6.92 Å². The zero-order valence-corrected chi connectivity index (χ0v) is 35.8. The van der Waals surface area contributed by atoms with Gasteiger partial charge in [-0.3, -0.25) is 13.3 Å². The number of azo groups is 2. The monoisotopic (exact) mass is 991 g/mol. The maximum Gasteiger partial charge on any atom is 0.397 e. The highest BCUT2D eigenvalue weighted by Crippen LogP contribution is 2.50. The number of sulfone groups is 2. The number of carboxylic acids is 1. The molecule has 0 bridgehead atoms. The van der Waals surface area contributed by atoms with E-state index in [1.807, 2.05) is 0 Å². The Labute approximate surface area is 357 Å². The summed E-state index contributed by atoms with van der Waals surface area (Å²) in [6.07, 6.45) is 0. The summed E-state index contributed by atoms with van der Waals surface area (Å²) in [6, 6.07) is 6.63. The van der Waals surface area contributed by atoms with Crippen molar-refractivity contribution in [1.29, 1.82) is 0 Å². The fourth-order valence-electron chi connectivity index (χ4n) is 5.12. The first-order valence-corrected chi connectivity index (χ1v) is 23.4. The first-order chi connectivity index (χ1) is 28.9. The van der Waals surface area contributed by atoms with E-state index in [9.17, 15) is 53.2 Å². The number of hydrogen-bond acceptors (Lipinski definition) is 26. The van der Waals surface area contributed by atoms with Crippen molar-refractivity contribution in [2.75, 3.05) is 37.6 Å². The number of nitrogens with zero attached hydrogens (tertiary/aromatic N) is 4. The summed E-state index contributed by atoms with van der Waals surface area (Å²) in [5.74, 6) is -4.45. The van der Waals surface area contributed by atoms with Crippen LogP contribution in [0.1, 0.15) is 15.9 Å². The average Bonchev–Trinajstić information content (AvgIpc) is 3.17. The number of aromatic carboxylic acids is 1. The number of phenolic OH excluding ortho intramolecular Hbond substituents is 1. The van der Waals surface area contributed by atoms with Crippen LogP contribution in [0.15, 0.2) is 82.5 Å². The van der Waals surface area contributed by atoms with Gasteiger partial charge in [0.1, 0.15) is 33.4 Å². The van der Waals surface area contributed by atoms with Crippen LogP contribution in [0.4, 0.5) is 28.4 Å². The van der Waals surface area contributed by atoms with Gasteiger partial charge in [-0.2, -0.15) is 16.8 Å². The minimum Gasteiger partial charge on any atom is -0.505 e. The maximum absolute atomic E-state index is 12.9. The number of nitrogens with two attached hydrogens (primary N) is 1. The van der Waals surface area contributed by atoms with Gasteiger partial charge in [-0.25, -0.2) is 36.3 Å². The molecule has 0 heterocycles. The van der Waals surface area contributed by atoms with Crippen molar-refractivity contribution < 1.29 is 100 Å². The zero-order chi connectivity index (χ0) is 46.2. The van der Waals surface area contributed by atoms with E-state index in [0.717, 1.165) is 49.6 Å². The van der Waals surface area contributed by atoms with Crippen molar-refractivity contribution in [1.82, 2.24) is 0 Å². The molecule has 4 aromatic carbocycles. The molecule has 0 amide bonds. The largest absolute Gasteiger partial charge is 0.505 e. The van der Waals surface area contributed by atoms with E-state index in [4.69, 9.17) is 29.7 Å². The van der Waals surface area contributed by atoms with E-state index in [2.05, 4.69) is 43.4 Å². The number of anilines is 1. The second kappa shape index (κ2) is 20.7. The normalized spacial score (nSPS) is 12.8. The Kier molecular flexibility index (Phi) is 16.6. The molecule has 4 aromatic rings. The van der Waals surface area contributed by atoms with Gasteiger partial charge in [0.15, 0.2) is 37.7 Å². The summed E-state index contributed by atoms with van der Waals surface area (Å²) in [4.78, 5) is 10.0. The number of aryl methyl sites for hydroxylation is 1. The standard InChI is InChI=1S/C29H29N5O22S6/c1-14-9-19(20(50-2)13-22(14)60(42,43)8-6-52-62(47,48)49)32-34-27-23(61(44,45)46)11-15-10-21(57-55-53-38)26(28(35)24(15)25(27)30)33-31-18-4-3-16(12-17(18)29(36)37)59(40,41)7-5-51-58-56-54-39/h3-4,9-13,35,38-39H,5-8,30H2,1-2H3,(H,36,37)(H,44,45,46)(H,47,48,49). The molecule has 27 nitrogen and oxygen atoms in total. The Morgan fingerprint density at radius 1 is 0.790 bits per heavy atom. The molecule has 0 aromatic heterocycles. The second-order valence-corrected chi connectivity index (χ2v) is 19.5. The third-order valence-electron chi connectivity index (χ3n) is 7.76. The van der Waals surface area contributed by atoms with Crippen LogP contribution in [0.5, 0.6) is 11.5 Å². The highest BCUT2D eigenvalue weighted by Gasteiger charge is 2.27. The SMILES string of the molecule is COc1cc(S(=O)(=O)CCOS(=O)(=O)O)c(C)cc1N=Nc1c(S(=O)(=O)O)cc2cc(SOOO)c(N=Nc3ccc(S(=O)(=O)CCOSOOO)cc3C(=O)O)c(O)c2c1N. The number of phenols is 1. The fourth-order valence-corrected chi connectivity index (χ4v) is 9.47. The molecule has 0 aliphatic rings. The van der Waals surface area contributed by atoms with Crippen LogP contribution in [-0.2, 0) is 67.3 Å². The number of nitrogen functional groups attached to an aromatic ring is 1. The van der Waals surface area contributed by atoms with Gasteiger partial charge in [0.05, 0.1) is 75.2 Å². The number of ether oxygens (including phenoxy) is 1. The van der Waals surface area contributed by atoms with Crippen molar-refractivity contribution in [2.45, 2.75) is 26.5 Å². The van der Waals surface area contributed by atoms with Gasteiger partial charge < -0.3 is 20.7 Å². The highest BCUT2D eigenvalue weighted by atomic mass is 32.3. The lowest BCUT2D eigenvalue weighted by molar-refractivity contribution is -0.434. The van der Waals surface area contributed by atoms with E-state index in [1.54, 1.807) is 0 Å². The van der Waals surface area contributed by atoms with Crippen LogP contribution >= 0.6 is 24.4 Å². The quantitative estimate of drug-likeness (QED) is 0.0103. The topological polar surface area (TPSA) is 415 Å². The molecule has 8 N–H and O–H groups in total. The molecule has 0 fully saturated rings. The molecule has 62 heavy (non-hydrogen) atoms. The number of rotatable bonds is 22. The number of aromatic hydroxyl groups is 1. The Hall–Kier alpha value is -4.69. The lowest BCUT2D eigenvalue weighted by Gasteiger charge is -2.14. The Balaban J connectivity index is 1.85. The molecule has 4 rings (SSSR count). The van der Waals surface area contributed by atoms with Gasteiger partial charge in [0, 0.05) is 6.07 Å². The molecular formula is C29H29N5O22S6. The van der Waals surface area contributed by atoms with Crippen molar-refractivity contribution in [2.24, 2.45) is 20.5 Å². The summed E-state index contributed by atoms with van der Waals surface area (Å²) in [6.45, 7) is -0.127. The smallest absolute Gasteiger partial charge is 0.397 e. The summed E-state index contributed by atoms with van der Waals surface area (Å²) in [7, 11) is -17.5. The average molecular weight is 992 g/mol. The first kappa shape index (κ1) is 50.0. The predicted octanol–water partition coefficient (Wildman–Crippen LogP) is 5.02. The number of carbonyl (C=O) groups is 1. The number of methoxy groups -OCH3 is 1. The summed E-state index contributed by atoms with van der Waals surface area (Å²) in [5.41, 5.74) is 2.84. The summed E-state index contributed by atoms with van der Waals surface area (Å²) >= 11 is 0.275. The van der Waals surface area contributed by atoms with Gasteiger partial charge in [0.2, 0.25) is 0 Å². The van der Waals surface area contributed by atoms with E-state index in [0.29, 0.717) is 0 Å². The van der Waals surface area contributed by atoms with Gasteiger partial charge in [-0.1, -0.05) is 10.1 Å². The Morgan fingerprint density at radius 3 is 2.05 bits per heavy atom. The van der Waals surface area contributed by atoms with Crippen molar-refractivity contribution in [3.63, 3.8) is 0 Å². The molecule has 0 spiro atoms. The summed E-state index contributed by atoms with van der Waals surface area (Å²) in [5, 5.41) is 60.0. The van der Waals surface area contributed by atoms with Gasteiger partial charge in [-0.15, -0.1) is 29.1 Å². The molecule has 338 valence electrons.